The van der Waals surface area contributed by atoms with E-state index >= 15 is 0 Å². The highest BCUT2D eigenvalue weighted by Crippen LogP contribution is 2.34. The number of ether oxygens (including phenoxy) is 1. The minimum Gasteiger partial charge on any atom is -0.394 e. The minimum atomic E-state index is -0.530. The van der Waals surface area contributed by atoms with Gasteiger partial charge < -0.3 is 14.9 Å². The van der Waals surface area contributed by atoms with Crippen molar-refractivity contribution < 1.29 is 14.9 Å². The van der Waals surface area contributed by atoms with Crippen LogP contribution in [0.5, 0.6) is 0 Å². The fourth-order valence-corrected chi connectivity index (χ4v) is 2.33. The Labute approximate surface area is 80.6 Å². The summed E-state index contributed by atoms with van der Waals surface area (Å²) in [6.45, 7) is -0.108. The molecular weight excluding hydrogens is 188 g/mol. The highest BCUT2D eigenvalue weighted by molar-refractivity contribution is 7.10. The van der Waals surface area contributed by atoms with Gasteiger partial charge in [0, 0.05) is 11.3 Å². The first-order valence-corrected chi connectivity index (χ1v) is 5.17. The molecule has 0 spiro atoms. The Kier molecular flexibility index (Phi) is 2.64. The van der Waals surface area contributed by atoms with Crippen molar-refractivity contribution in [1.82, 2.24) is 0 Å². The molecule has 1 aliphatic rings. The summed E-state index contributed by atoms with van der Waals surface area (Å²) in [5.74, 6) is 0. The SMILES string of the molecule is OC[C@H]1O[C@@H](c2cccs2)C[C@@H]1O. The molecule has 0 aromatic carbocycles. The molecule has 3 atom stereocenters. The van der Waals surface area contributed by atoms with Gasteiger partial charge in [-0.1, -0.05) is 6.07 Å². The van der Waals surface area contributed by atoms with Gasteiger partial charge in [0.05, 0.1) is 18.8 Å². The Morgan fingerprint density at radius 3 is 3.00 bits per heavy atom. The Balaban J connectivity index is 2.05. The Morgan fingerprint density at radius 1 is 1.62 bits per heavy atom. The van der Waals surface area contributed by atoms with Gasteiger partial charge in [-0.25, -0.2) is 0 Å². The van der Waals surface area contributed by atoms with Gasteiger partial charge in [-0.2, -0.15) is 0 Å². The van der Waals surface area contributed by atoms with Gasteiger partial charge in [0.25, 0.3) is 0 Å². The van der Waals surface area contributed by atoms with Gasteiger partial charge in [-0.05, 0) is 11.4 Å². The van der Waals surface area contributed by atoms with E-state index in [4.69, 9.17) is 9.84 Å². The Morgan fingerprint density at radius 2 is 2.46 bits per heavy atom. The van der Waals surface area contributed by atoms with Crippen molar-refractivity contribution in [3.8, 4) is 0 Å². The number of aliphatic hydroxyl groups excluding tert-OH is 2. The summed E-state index contributed by atoms with van der Waals surface area (Å²) in [5.41, 5.74) is 0. The van der Waals surface area contributed by atoms with E-state index in [-0.39, 0.29) is 12.7 Å². The highest BCUT2D eigenvalue weighted by atomic mass is 32.1. The zero-order valence-corrected chi connectivity index (χ0v) is 7.91. The van der Waals surface area contributed by atoms with Crippen molar-refractivity contribution in [2.75, 3.05) is 6.61 Å². The molecule has 0 amide bonds. The second-order valence-corrected chi connectivity index (χ2v) is 4.14. The van der Waals surface area contributed by atoms with E-state index in [1.807, 2.05) is 17.5 Å². The molecule has 0 radical (unpaired) electrons. The van der Waals surface area contributed by atoms with Crippen LogP contribution in [-0.4, -0.2) is 29.0 Å². The predicted octanol–water partition coefficient (Wildman–Crippen LogP) is 0.931. The topological polar surface area (TPSA) is 49.7 Å². The zero-order chi connectivity index (χ0) is 9.26. The average Bonchev–Trinajstić information content (AvgIpc) is 2.71. The molecule has 72 valence electrons. The average molecular weight is 200 g/mol. The van der Waals surface area contributed by atoms with Crippen LogP contribution in [0.15, 0.2) is 17.5 Å². The molecule has 1 aliphatic heterocycles. The molecular formula is C9H12O3S. The molecule has 2 rings (SSSR count). The van der Waals surface area contributed by atoms with Crippen LogP contribution < -0.4 is 0 Å². The molecule has 0 unspecified atom stereocenters. The molecule has 2 heterocycles. The maximum absolute atomic E-state index is 9.48. The number of rotatable bonds is 2. The first-order valence-electron chi connectivity index (χ1n) is 4.29. The number of aliphatic hydroxyl groups is 2. The summed E-state index contributed by atoms with van der Waals surface area (Å²) in [6, 6.07) is 3.95. The van der Waals surface area contributed by atoms with Gasteiger partial charge in [0.15, 0.2) is 0 Å². The monoisotopic (exact) mass is 200 g/mol. The first kappa shape index (κ1) is 9.15. The van der Waals surface area contributed by atoms with Crippen LogP contribution in [0.2, 0.25) is 0 Å². The molecule has 3 nitrogen and oxygen atoms in total. The molecule has 0 bridgehead atoms. The van der Waals surface area contributed by atoms with Crippen LogP contribution in [0, 0.1) is 0 Å². The third-order valence-electron chi connectivity index (χ3n) is 2.26. The fourth-order valence-electron chi connectivity index (χ4n) is 1.55. The second kappa shape index (κ2) is 3.75. The lowest BCUT2D eigenvalue weighted by Gasteiger charge is -2.10. The van der Waals surface area contributed by atoms with Crippen LogP contribution >= 0.6 is 11.3 Å². The van der Waals surface area contributed by atoms with E-state index in [1.54, 1.807) is 11.3 Å². The van der Waals surface area contributed by atoms with Gasteiger partial charge in [0.1, 0.15) is 6.10 Å². The highest BCUT2D eigenvalue weighted by Gasteiger charge is 2.34. The van der Waals surface area contributed by atoms with E-state index in [9.17, 15) is 5.11 Å². The van der Waals surface area contributed by atoms with Gasteiger partial charge in [0.2, 0.25) is 0 Å². The largest absolute Gasteiger partial charge is 0.394 e. The number of thiophene rings is 1. The molecule has 1 aromatic heterocycles. The molecule has 13 heavy (non-hydrogen) atoms. The van der Waals surface area contributed by atoms with Crippen molar-refractivity contribution >= 4 is 11.3 Å². The van der Waals surface area contributed by atoms with E-state index in [0.717, 1.165) is 4.88 Å². The summed E-state index contributed by atoms with van der Waals surface area (Å²) < 4.78 is 5.48. The summed E-state index contributed by atoms with van der Waals surface area (Å²) >= 11 is 1.62. The molecule has 4 heteroatoms. The molecule has 1 saturated heterocycles. The minimum absolute atomic E-state index is 0.0350. The van der Waals surface area contributed by atoms with Crippen LogP contribution in [-0.2, 0) is 4.74 Å². The predicted molar refractivity (Wildman–Crippen MR) is 49.6 cm³/mol. The van der Waals surface area contributed by atoms with Gasteiger partial charge >= 0.3 is 0 Å². The van der Waals surface area contributed by atoms with Crippen LogP contribution in [0.25, 0.3) is 0 Å². The Hall–Kier alpha value is -0.420. The lowest BCUT2D eigenvalue weighted by Crippen LogP contribution is -2.24. The third-order valence-corrected chi connectivity index (χ3v) is 3.23. The lowest BCUT2D eigenvalue weighted by atomic mass is 10.1. The van der Waals surface area contributed by atoms with E-state index < -0.39 is 12.2 Å². The fraction of sp³-hybridized carbons (Fsp3) is 0.556. The molecule has 2 N–H and O–H groups in total. The third kappa shape index (κ3) is 1.76. The Bertz CT molecular complexity index is 260. The van der Waals surface area contributed by atoms with E-state index in [0.29, 0.717) is 6.42 Å². The van der Waals surface area contributed by atoms with Crippen molar-refractivity contribution in [2.24, 2.45) is 0 Å². The quantitative estimate of drug-likeness (QED) is 0.746. The van der Waals surface area contributed by atoms with Crippen LogP contribution in [0.3, 0.4) is 0 Å². The maximum Gasteiger partial charge on any atom is 0.107 e. The van der Waals surface area contributed by atoms with Gasteiger partial charge in [-0.15, -0.1) is 11.3 Å². The molecule has 1 aromatic rings. The zero-order valence-electron chi connectivity index (χ0n) is 7.09. The number of hydrogen-bond donors (Lipinski definition) is 2. The normalized spacial score (nSPS) is 33.8. The van der Waals surface area contributed by atoms with Crippen molar-refractivity contribution in [2.45, 2.75) is 24.7 Å². The summed E-state index contributed by atoms with van der Waals surface area (Å²) in [5, 5.41) is 20.3. The molecule has 0 aliphatic carbocycles. The summed E-state index contributed by atoms with van der Waals surface area (Å²) in [7, 11) is 0. The standard InChI is InChI=1S/C9H12O3S/c10-5-8-6(11)4-7(12-8)9-2-1-3-13-9/h1-3,6-8,10-11H,4-5H2/t6-,7+,8+/m0/s1. The van der Waals surface area contributed by atoms with E-state index in [2.05, 4.69) is 0 Å². The van der Waals surface area contributed by atoms with Crippen molar-refractivity contribution in [3.63, 3.8) is 0 Å². The van der Waals surface area contributed by atoms with Crippen LogP contribution in [0.1, 0.15) is 17.4 Å². The molecule has 1 fully saturated rings. The molecule has 0 saturated carbocycles. The van der Waals surface area contributed by atoms with Gasteiger partial charge in [-0.3, -0.25) is 0 Å². The van der Waals surface area contributed by atoms with Crippen molar-refractivity contribution in [3.05, 3.63) is 22.4 Å². The van der Waals surface area contributed by atoms with Crippen molar-refractivity contribution in [1.29, 1.82) is 0 Å². The smallest absolute Gasteiger partial charge is 0.107 e. The van der Waals surface area contributed by atoms with E-state index in [1.165, 1.54) is 0 Å². The first-order chi connectivity index (χ1) is 6.31. The van der Waals surface area contributed by atoms with Crippen LogP contribution in [0.4, 0.5) is 0 Å². The number of hydrogen-bond acceptors (Lipinski definition) is 4. The summed E-state index contributed by atoms with van der Waals surface area (Å²) in [4.78, 5) is 1.12. The lowest BCUT2D eigenvalue weighted by molar-refractivity contribution is -0.0216. The maximum atomic E-state index is 9.48. The summed E-state index contributed by atoms with van der Waals surface area (Å²) in [6.07, 6.45) is -0.387. The second-order valence-electron chi connectivity index (χ2n) is 3.16.